The fourth-order valence-corrected chi connectivity index (χ4v) is 4.51. The smallest absolute Gasteiger partial charge is 0.268 e. The van der Waals surface area contributed by atoms with Gasteiger partial charge in [-0.05, 0) is 60.2 Å². The second-order valence-corrected chi connectivity index (χ2v) is 9.31. The molecule has 4 rings (SSSR count). The molecule has 0 aliphatic heterocycles. The first-order valence-corrected chi connectivity index (χ1v) is 11.6. The molecule has 2 aromatic carbocycles. The van der Waals surface area contributed by atoms with Crippen LogP contribution < -0.4 is 10.9 Å². The van der Waals surface area contributed by atoms with Gasteiger partial charge in [-0.3, -0.25) is 19.0 Å². The number of amides is 1. The van der Waals surface area contributed by atoms with Crippen molar-refractivity contribution in [3.05, 3.63) is 97.4 Å². The van der Waals surface area contributed by atoms with E-state index in [1.54, 1.807) is 4.57 Å². The number of hydrogen-bond acceptors (Lipinski definition) is 3. The number of halogens is 1. The van der Waals surface area contributed by atoms with E-state index in [-0.39, 0.29) is 17.9 Å². The standard InChI is InChI=1S/C26H25BrN2O3/c1-16(2)18-9-11-20(12-10-18)29-23-7-4-8-24(30)21(23)14-22(26(29)32)25(31)28-15-17-5-3-6-19(27)13-17/h3,5-6,9-14,16H,4,7-8,15H2,1-2H3,(H,28,31). The van der Waals surface area contributed by atoms with Gasteiger partial charge >= 0.3 is 0 Å². The van der Waals surface area contributed by atoms with Crippen LogP contribution in [0.15, 0.2) is 63.9 Å². The number of Topliss-reactive ketones (excluding diaryl/α,β-unsaturated/α-hetero) is 1. The average Bonchev–Trinajstić information content (AvgIpc) is 2.77. The Kier molecular flexibility index (Phi) is 6.42. The van der Waals surface area contributed by atoms with Crippen LogP contribution >= 0.6 is 15.9 Å². The zero-order valence-electron chi connectivity index (χ0n) is 18.2. The van der Waals surface area contributed by atoms with Gasteiger partial charge in [0.1, 0.15) is 5.56 Å². The van der Waals surface area contributed by atoms with Crippen molar-refractivity contribution in [2.45, 2.75) is 45.6 Å². The molecule has 0 saturated carbocycles. The SMILES string of the molecule is CC(C)c1ccc(-n2c3c(cc(C(=O)NCc4cccc(Br)c4)c2=O)C(=O)CCC3)cc1. The Labute approximate surface area is 195 Å². The number of hydrogen-bond donors (Lipinski definition) is 1. The number of benzene rings is 2. The van der Waals surface area contributed by atoms with Crippen LogP contribution in [-0.2, 0) is 13.0 Å². The van der Waals surface area contributed by atoms with E-state index >= 15 is 0 Å². The summed E-state index contributed by atoms with van der Waals surface area (Å²) in [5.41, 5.74) is 3.49. The summed E-state index contributed by atoms with van der Waals surface area (Å²) < 4.78 is 2.46. The van der Waals surface area contributed by atoms with Crippen molar-refractivity contribution < 1.29 is 9.59 Å². The van der Waals surface area contributed by atoms with Gasteiger partial charge in [0.05, 0.1) is 0 Å². The summed E-state index contributed by atoms with van der Waals surface area (Å²) in [5.74, 6) is -0.144. The fraction of sp³-hybridized carbons (Fsp3) is 0.269. The van der Waals surface area contributed by atoms with E-state index in [4.69, 9.17) is 0 Å². The Hall–Kier alpha value is -2.99. The molecule has 0 radical (unpaired) electrons. The predicted molar refractivity (Wildman–Crippen MR) is 129 cm³/mol. The monoisotopic (exact) mass is 492 g/mol. The first-order chi connectivity index (χ1) is 15.3. The van der Waals surface area contributed by atoms with Gasteiger partial charge in [-0.15, -0.1) is 0 Å². The number of ketones is 1. The van der Waals surface area contributed by atoms with Gasteiger partial charge in [-0.2, -0.15) is 0 Å². The zero-order valence-corrected chi connectivity index (χ0v) is 19.7. The van der Waals surface area contributed by atoms with Crippen molar-refractivity contribution in [2.75, 3.05) is 0 Å². The molecule has 5 nitrogen and oxygen atoms in total. The van der Waals surface area contributed by atoms with Crippen molar-refractivity contribution in [3.63, 3.8) is 0 Å². The molecule has 0 spiro atoms. The maximum absolute atomic E-state index is 13.5. The van der Waals surface area contributed by atoms with Crippen LogP contribution in [0.5, 0.6) is 0 Å². The van der Waals surface area contributed by atoms with E-state index in [1.165, 1.54) is 6.07 Å². The highest BCUT2D eigenvalue weighted by atomic mass is 79.9. The Bertz CT molecular complexity index is 1240. The molecule has 1 N–H and O–H groups in total. The maximum atomic E-state index is 13.5. The first-order valence-electron chi connectivity index (χ1n) is 10.8. The second-order valence-electron chi connectivity index (χ2n) is 8.39. The van der Waals surface area contributed by atoms with Crippen LogP contribution in [0, 0.1) is 0 Å². The number of rotatable bonds is 5. The van der Waals surface area contributed by atoms with E-state index in [0.29, 0.717) is 42.1 Å². The van der Waals surface area contributed by atoms with Crippen molar-refractivity contribution >= 4 is 27.6 Å². The highest BCUT2D eigenvalue weighted by Gasteiger charge is 2.26. The second kappa shape index (κ2) is 9.25. The fourth-order valence-electron chi connectivity index (χ4n) is 4.06. The van der Waals surface area contributed by atoms with Crippen molar-refractivity contribution in [2.24, 2.45) is 0 Å². The molecular formula is C26H25BrN2O3. The summed E-state index contributed by atoms with van der Waals surface area (Å²) in [7, 11) is 0. The largest absolute Gasteiger partial charge is 0.348 e. The lowest BCUT2D eigenvalue weighted by molar-refractivity contribution is 0.0949. The Morgan fingerprint density at radius 2 is 1.81 bits per heavy atom. The van der Waals surface area contributed by atoms with Gasteiger partial charge in [0.2, 0.25) is 0 Å². The lowest BCUT2D eigenvalue weighted by Crippen LogP contribution is -2.36. The molecule has 6 heteroatoms. The van der Waals surface area contributed by atoms with E-state index in [9.17, 15) is 14.4 Å². The molecule has 1 aromatic heterocycles. The number of carbonyl (C=O) groups excluding carboxylic acids is 2. The lowest BCUT2D eigenvalue weighted by atomic mass is 9.92. The molecule has 0 unspecified atom stereocenters. The molecule has 1 amide bonds. The van der Waals surface area contributed by atoms with Gasteiger partial charge in [0.15, 0.2) is 5.78 Å². The quantitative estimate of drug-likeness (QED) is 0.533. The Morgan fingerprint density at radius 3 is 2.50 bits per heavy atom. The van der Waals surface area contributed by atoms with Gasteiger partial charge in [0.25, 0.3) is 11.5 Å². The molecule has 1 heterocycles. The molecule has 32 heavy (non-hydrogen) atoms. The number of carbonyl (C=O) groups is 2. The normalized spacial score (nSPS) is 13.2. The summed E-state index contributed by atoms with van der Waals surface area (Å²) in [6.07, 6.45) is 1.75. The zero-order chi connectivity index (χ0) is 22.8. The number of nitrogens with zero attached hydrogens (tertiary/aromatic N) is 1. The van der Waals surface area contributed by atoms with Gasteiger partial charge in [-0.25, -0.2) is 0 Å². The molecular weight excluding hydrogens is 468 g/mol. The third-order valence-corrected chi connectivity index (χ3v) is 6.32. The summed E-state index contributed by atoms with van der Waals surface area (Å²) in [4.78, 5) is 39.1. The molecule has 0 bridgehead atoms. The van der Waals surface area contributed by atoms with Gasteiger partial charge < -0.3 is 5.32 Å². The summed E-state index contributed by atoms with van der Waals surface area (Å²) >= 11 is 3.42. The highest BCUT2D eigenvalue weighted by Crippen LogP contribution is 2.25. The topological polar surface area (TPSA) is 68.2 Å². The van der Waals surface area contributed by atoms with E-state index in [0.717, 1.165) is 15.6 Å². The van der Waals surface area contributed by atoms with Gasteiger partial charge in [0, 0.05) is 34.4 Å². The number of nitrogens with one attached hydrogen (secondary N) is 1. The molecule has 1 aliphatic carbocycles. The molecule has 0 atom stereocenters. The average molecular weight is 493 g/mol. The van der Waals surface area contributed by atoms with Crippen LogP contribution in [-0.4, -0.2) is 16.3 Å². The van der Waals surface area contributed by atoms with Crippen LogP contribution in [0.25, 0.3) is 5.69 Å². The number of fused-ring (bicyclic) bond motifs is 1. The van der Waals surface area contributed by atoms with Gasteiger partial charge in [-0.1, -0.05) is 54.0 Å². The van der Waals surface area contributed by atoms with Crippen molar-refractivity contribution in [1.29, 1.82) is 0 Å². The lowest BCUT2D eigenvalue weighted by Gasteiger charge is -2.22. The minimum absolute atomic E-state index is 0.0121. The number of pyridine rings is 1. The maximum Gasteiger partial charge on any atom is 0.268 e. The highest BCUT2D eigenvalue weighted by molar-refractivity contribution is 9.10. The molecule has 0 saturated heterocycles. The van der Waals surface area contributed by atoms with E-state index < -0.39 is 11.5 Å². The van der Waals surface area contributed by atoms with Crippen LogP contribution in [0.2, 0.25) is 0 Å². The molecule has 1 aliphatic rings. The molecule has 0 fully saturated rings. The first kappa shape index (κ1) is 22.2. The minimum Gasteiger partial charge on any atom is -0.348 e. The predicted octanol–water partition coefficient (Wildman–Crippen LogP) is 5.17. The van der Waals surface area contributed by atoms with E-state index in [1.807, 2.05) is 48.5 Å². The third-order valence-electron chi connectivity index (χ3n) is 5.83. The summed E-state index contributed by atoms with van der Waals surface area (Å²) in [5, 5.41) is 2.82. The Balaban J connectivity index is 1.75. The third kappa shape index (κ3) is 4.46. The number of aromatic nitrogens is 1. The molecule has 164 valence electrons. The van der Waals surface area contributed by atoms with Crippen LogP contribution in [0.4, 0.5) is 0 Å². The van der Waals surface area contributed by atoms with E-state index in [2.05, 4.69) is 35.1 Å². The van der Waals surface area contributed by atoms with Crippen molar-refractivity contribution in [1.82, 2.24) is 9.88 Å². The summed E-state index contributed by atoms with van der Waals surface area (Å²) in [6.45, 7) is 4.50. The minimum atomic E-state index is -0.483. The molecule has 3 aromatic rings. The van der Waals surface area contributed by atoms with Crippen molar-refractivity contribution in [3.8, 4) is 5.69 Å². The Morgan fingerprint density at radius 1 is 1.06 bits per heavy atom. The summed E-state index contributed by atoms with van der Waals surface area (Å²) in [6, 6.07) is 16.8. The van der Waals surface area contributed by atoms with Crippen LogP contribution in [0.1, 0.15) is 70.1 Å². The van der Waals surface area contributed by atoms with Crippen LogP contribution in [0.3, 0.4) is 0 Å².